The van der Waals surface area contributed by atoms with E-state index in [2.05, 4.69) is 23.6 Å². The number of benzene rings is 3. The summed E-state index contributed by atoms with van der Waals surface area (Å²) in [6.07, 6.45) is 0. The predicted molar refractivity (Wildman–Crippen MR) is 135 cm³/mol. The van der Waals surface area contributed by atoms with Crippen LogP contribution in [-0.2, 0) is 21.4 Å². The van der Waals surface area contributed by atoms with E-state index < -0.39 is 10.0 Å². The molecule has 0 saturated heterocycles. The third-order valence-corrected chi connectivity index (χ3v) is 7.65. The second-order valence-electron chi connectivity index (χ2n) is 8.00. The summed E-state index contributed by atoms with van der Waals surface area (Å²) in [6.45, 7) is 4.67. The number of anilines is 2. The SMILES string of the molecule is CC(C)c1ccc(NC(=O)CSC2=NS(=O)(=O)c3ccccc3N2Cc2ccccc2)cc1. The minimum atomic E-state index is -3.84. The molecule has 3 aromatic rings. The molecule has 0 bridgehead atoms. The van der Waals surface area contributed by atoms with E-state index >= 15 is 0 Å². The van der Waals surface area contributed by atoms with Gasteiger partial charge >= 0.3 is 0 Å². The molecular formula is C25H25N3O3S2. The zero-order chi connectivity index (χ0) is 23.4. The molecule has 4 rings (SSSR count). The number of sulfonamides is 1. The Bertz CT molecular complexity index is 1270. The molecule has 1 aliphatic heterocycles. The number of fused-ring (bicyclic) bond motifs is 1. The number of carbonyl (C=O) groups is 1. The number of hydrogen-bond donors (Lipinski definition) is 1. The van der Waals surface area contributed by atoms with Crippen LogP contribution in [0.1, 0.15) is 30.9 Å². The second-order valence-corrected chi connectivity index (χ2v) is 10.5. The van der Waals surface area contributed by atoms with Gasteiger partial charge in [-0.05, 0) is 41.3 Å². The monoisotopic (exact) mass is 479 g/mol. The van der Waals surface area contributed by atoms with Crippen LogP contribution < -0.4 is 10.2 Å². The Hall–Kier alpha value is -3.10. The van der Waals surface area contributed by atoms with Crippen molar-refractivity contribution in [1.82, 2.24) is 0 Å². The van der Waals surface area contributed by atoms with Gasteiger partial charge in [0.15, 0.2) is 5.17 Å². The molecular weight excluding hydrogens is 454 g/mol. The Balaban J connectivity index is 1.53. The van der Waals surface area contributed by atoms with Crippen LogP contribution in [0.3, 0.4) is 0 Å². The molecule has 1 amide bonds. The van der Waals surface area contributed by atoms with Crippen LogP contribution in [0.4, 0.5) is 11.4 Å². The largest absolute Gasteiger partial charge is 0.325 e. The average Bonchev–Trinajstić information content (AvgIpc) is 2.81. The van der Waals surface area contributed by atoms with Gasteiger partial charge in [0.1, 0.15) is 4.90 Å². The maximum Gasteiger partial charge on any atom is 0.286 e. The minimum Gasteiger partial charge on any atom is -0.325 e. The first kappa shape index (κ1) is 23.1. The van der Waals surface area contributed by atoms with E-state index in [4.69, 9.17) is 0 Å². The first-order valence-electron chi connectivity index (χ1n) is 10.6. The highest BCUT2D eigenvalue weighted by Crippen LogP contribution is 2.35. The molecule has 0 aromatic heterocycles. The van der Waals surface area contributed by atoms with E-state index in [9.17, 15) is 13.2 Å². The van der Waals surface area contributed by atoms with Gasteiger partial charge in [-0.2, -0.15) is 8.42 Å². The molecule has 0 atom stereocenters. The Morgan fingerprint density at radius 3 is 2.33 bits per heavy atom. The minimum absolute atomic E-state index is 0.0355. The summed E-state index contributed by atoms with van der Waals surface area (Å²) in [7, 11) is -3.84. The van der Waals surface area contributed by atoms with Crippen molar-refractivity contribution >= 4 is 44.2 Å². The van der Waals surface area contributed by atoms with Gasteiger partial charge in [0.05, 0.1) is 18.0 Å². The first-order chi connectivity index (χ1) is 15.8. The Kier molecular flexibility index (Phi) is 6.85. The molecule has 1 heterocycles. The van der Waals surface area contributed by atoms with Crippen molar-refractivity contribution in [1.29, 1.82) is 0 Å². The number of hydrogen-bond acceptors (Lipinski definition) is 5. The number of thioether (sulfide) groups is 1. The van der Waals surface area contributed by atoms with Crippen molar-refractivity contribution in [2.75, 3.05) is 16.0 Å². The summed E-state index contributed by atoms with van der Waals surface area (Å²) in [5, 5.41) is 3.15. The Labute approximate surface area is 198 Å². The van der Waals surface area contributed by atoms with Crippen LogP contribution in [0.5, 0.6) is 0 Å². The fraction of sp³-hybridized carbons (Fsp3) is 0.200. The number of nitrogens with one attached hydrogen (secondary N) is 1. The van der Waals surface area contributed by atoms with E-state index in [0.717, 1.165) is 17.3 Å². The van der Waals surface area contributed by atoms with Gasteiger partial charge in [0.25, 0.3) is 10.0 Å². The van der Waals surface area contributed by atoms with E-state index in [1.54, 1.807) is 24.3 Å². The number of carbonyl (C=O) groups excluding carboxylic acids is 1. The van der Waals surface area contributed by atoms with Crippen molar-refractivity contribution in [2.45, 2.75) is 31.2 Å². The third kappa shape index (κ3) is 5.46. The van der Waals surface area contributed by atoms with Crippen LogP contribution >= 0.6 is 11.8 Å². The lowest BCUT2D eigenvalue weighted by Gasteiger charge is -2.30. The van der Waals surface area contributed by atoms with Crippen molar-refractivity contribution in [3.8, 4) is 0 Å². The lowest BCUT2D eigenvalue weighted by Crippen LogP contribution is -2.34. The first-order valence-corrected chi connectivity index (χ1v) is 13.0. The van der Waals surface area contributed by atoms with E-state index in [-0.39, 0.29) is 21.7 Å². The zero-order valence-electron chi connectivity index (χ0n) is 18.4. The van der Waals surface area contributed by atoms with Crippen LogP contribution in [0.25, 0.3) is 0 Å². The van der Waals surface area contributed by atoms with Gasteiger partial charge in [-0.15, -0.1) is 4.40 Å². The summed E-state index contributed by atoms with van der Waals surface area (Å²) < 4.78 is 29.6. The summed E-state index contributed by atoms with van der Waals surface area (Å²) in [5.74, 6) is 0.222. The second kappa shape index (κ2) is 9.80. The van der Waals surface area contributed by atoms with Gasteiger partial charge in [-0.1, -0.05) is 80.2 Å². The van der Waals surface area contributed by atoms with Crippen molar-refractivity contribution in [3.63, 3.8) is 0 Å². The topological polar surface area (TPSA) is 78.8 Å². The molecule has 0 spiro atoms. The molecule has 170 valence electrons. The van der Waals surface area contributed by atoms with Crippen LogP contribution in [0.2, 0.25) is 0 Å². The van der Waals surface area contributed by atoms with E-state index in [1.807, 2.05) is 59.5 Å². The average molecular weight is 480 g/mol. The maximum absolute atomic E-state index is 12.8. The van der Waals surface area contributed by atoms with Crippen molar-refractivity contribution < 1.29 is 13.2 Å². The van der Waals surface area contributed by atoms with Crippen LogP contribution in [0.15, 0.2) is 88.2 Å². The molecule has 8 heteroatoms. The highest BCUT2D eigenvalue weighted by Gasteiger charge is 2.31. The van der Waals surface area contributed by atoms with Gasteiger partial charge < -0.3 is 10.2 Å². The van der Waals surface area contributed by atoms with Crippen LogP contribution in [0, 0.1) is 0 Å². The van der Waals surface area contributed by atoms with Gasteiger partial charge in [-0.3, -0.25) is 4.79 Å². The predicted octanol–water partition coefficient (Wildman–Crippen LogP) is 5.25. The summed E-state index contributed by atoms with van der Waals surface area (Å²) in [5.41, 5.74) is 3.46. The molecule has 1 N–H and O–H groups in total. The van der Waals surface area contributed by atoms with E-state index in [1.165, 1.54) is 5.56 Å². The van der Waals surface area contributed by atoms with Crippen molar-refractivity contribution in [3.05, 3.63) is 90.0 Å². The summed E-state index contributed by atoms with van der Waals surface area (Å²) >= 11 is 1.11. The molecule has 1 aliphatic rings. The zero-order valence-corrected chi connectivity index (χ0v) is 20.1. The number of amides is 1. The molecule has 33 heavy (non-hydrogen) atoms. The van der Waals surface area contributed by atoms with Crippen molar-refractivity contribution in [2.24, 2.45) is 4.40 Å². The summed E-state index contributed by atoms with van der Waals surface area (Å²) in [4.78, 5) is 14.6. The maximum atomic E-state index is 12.8. The highest BCUT2D eigenvalue weighted by molar-refractivity contribution is 8.15. The number of rotatable bonds is 6. The Morgan fingerprint density at radius 2 is 1.64 bits per heavy atom. The van der Waals surface area contributed by atoms with Gasteiger partial charge in [0, 0.05) is 5.69 Å². The molecule has 0 saturated carbocycles. The highest BCUT2D eigenvalue weighted by atomic mass is 32.2. The smallest absolute Gasteiger partial charge is 0.286 e. The normalized spacial score (nSPS) is 14.5. The molecule has 3 aromatic carbocycles. The quantitative estimate of drug-likeness (QED) is 0.523. The number of para-hydroxylation sites is 1. The van der Waals surface area contributed by atoms with Crippen LogP contribution in [-0.4, -0.2) is 25.2 Å². The van der Waals surface area contributed by atoms with Gasteiger partial charge in [0.2, 0.25) is 5.91 Å². The fourth-order valence-electron chi connectivity index (χ4n) is 3.50. The summed E-state index contributed by atoms with van der Waals surface area (Å²) in [6, 6.07) is 24.3. The molecule has 0 unspecified atom stereocenters. The lowest BCUT2D eigenvalue weighted by atomic mass is 10.0. The lowest BCUT2D eigenvalue weighted by molar-refractivity contribution is -0.113. The molecule has 0 radical (unpaired) electrons. The third-order valence-electron chi connectivity index (χ3n) is 5.24. The van der Waals surface area contributed by atoms with Gasteiger partial charge in [-0.25, -0.2) is 0 Å². The fourth-order valence-corrected chi connectivity index (χ4v) is 5.76. The number of amidine groups is 1. The van der Waals surface area contributed by atoms with E-state index in [0.29, 0.717) is 23.8 Å². The Morgan fingerprint density at radius 1 is 0.970 bits per heavy atom. The standard InChI is InChI=1S/C25H25N3O3S2/c1-18(2)20-12-14-21(15-13-20)26-24(29)17-32-25-27-33(30,31)23-11-7-6-10-22(23)28(25)16-19-8-4-3-5-9-19/h3-15,18H,16-17H2,1-2H3,(H,26,29). The molecule has 0 aliphatic carbocycles. The number of nitrogens with zero attached hydrogens (tertiary/aromatic N) is 2. The molecule has 6 nitrogen and oxygen atoms in total. The molecule has 0 fully saturated rings.